The second-order valence-electron chi connectivity index (χ2n) is 3.01. The third-order valence-electron chi connectivity index (χ3n) is 1.66. The van der Waals surface area contributed by atoms with E-state index in [0.717, 1.165) is 0 Å². The number of carbonyl (C=O) groups excluding carboxylic acids is 2. The smallest absolute Gasteiger partial charge is 0.410 e. The van der Waals surface area contributed by atoms with Crippen LogP contribution in [0.4, 0.5) is 4.79 Å². The molecule has 0 unspecified atom stereocenters. The van der Waals surface area contributed by atoms with Gasteiger partial charge in [-0.05, 0) is 19.1 Å². The average molecular weight is 278 g/mol. The van der Waals surface area contributed by atoms with E-state index in [1.165, 1.54) is 35.9 Å². The average Bonchev–Trinajstić information content (AvgIpc) is 2.14. The van der Waals surface area contributed by atoms with Crippen LogP contribution in [0.1, 0.15) is 17.3 Å². The lowest BCUT2D eigenvalue weighted by atomic mass is 10.1. The van der Waals surface area contributed by atoms with Gasteiger partial charge in [0.15, 0.2) is 5.78 Å². The van der Waals surface area contributed by atoms with E-state index >= 15 is 0 Å². The van der Waals surface area contributed by atoms with Gasteiger partial charge in [0.25, 0.3) is 0 Å². The van der Waals surface area contributed by atoms with Gasteiger partial charge in [-0.25, -0.2) is 9.52 Å². The number of ketones is 1. The number of hydrogen-bond donors (Lipinski definition) is 1. The van der Waals surface area contributed by atoms with Crippen LogP contribution in [-0.2, 0) is 9.24 Å². The van der Waals surface area contributed by atoms with Crippen molar-refractivity contribution in [3.05, 3.63) is 29.8 Å². The Labute approximate surface area is 102 Å². The summed E-state index contributed by atoms with van der Waals surface area (Å²) in [5, 5.41) is 0. The first-order valence-electron chi connectivity index (χ1n) is 4.33. The second-order valence-corrected chi connectivity index (χ2v) is 5.31. The summed E-state index contributed by atoms with van der Waals surface area (Å²) < 4.78 is 27.0. The minimum Gasteiger partial charge on any atom is -0.410 e. The summed E-state index contributed by atoms with van der Waals surface area (Å²) in [5.74, 6) is -0.170. The fourth-order valence-electron chi connectivity index (χ4n) is 1.01. The molecule has 0 aromatic heterocycles. The van der Waals surface area contributed by atoms with Crippen LogP contribution in [0, 0.1) is 0 Å². The van der Waals surface area contributed by atoms with Crippen molar-refractivity contribution in [2.24, 2.45) is 0 Å². The van der Waals surface area contributed by atoms with Crippen molar-refractivity contribution in [1.82, 2.24) is 4.72 Å². The van der Waals surface area contributed by atoms with Gasteiger partial charge in [-0.1, -0.05) is 12.1 Å². The number of amides is 1. The third-order valence-corrected chi connectivity index (χ3v) is 2.30. The number of halogens is 1. The zero-order valence-electron chi connectivity index (χ0n) is 8.64. The van der Waals surface area contributed by atoms with Crippen molar-refractivity contribution in [2.45, 2.75) is 6.92 Å². The summed E-state index contributed by atoms with van der Waals surface area (Å²) in [6.45, 7) is 1.35. The standard InChI is InChI=1S/C9H8ClNO5S/c1-6(12)7-3-2-4-8(5-7)16-9(13)11-17(10,14)15/h2-5H,1H3,(H,11,13). The van der Waals surface area contributed by atoms with Crippen molar-refractivity contribution < 1.29 is 22.7 Å². The third kappa shape index (κ3) is 4.83. The molecule has 0 spiro atoms. The minimum absolute atomic E-state index is 0.0375. The number of Topliss-reactive ketones (excluding diaryl/α,β-unsaturated/α-hetero) is 1. The highest BCUT2D eigenvalue weighted by molar-refractivity contribution is 8.12. The molecule has 1 rings (SSSR count). The lowest BCUT2D eigenvalue weighted by molar-refractivity contribution is 0.101. The lowest BCUT2D eigenvalue weighted by Crippen LogP contribution is -2.29. The van der Waals surface area contributed by atoms with Crippen LogP contribution >= 0.6 is 10.7 Å². The summed E-state index contributed by atoms with van der Waals surface area (Å²) in [6.07, 6.45) is -1.25. The van der Waals surface area contributed by atoms with Crippen LogP contribution in [-0.4, -0.2) is 20.3 Å². The molecule has 92 valence electrons. The summed E-state index contributed by atoms with van der Waals surface area (Å²) in [7, 11) is 0.593. The Morgan fingerprint density at radius 2 is 2.00 bits per heavy atom. The Morgan fingerprint density at radius 1 is 1.35 bits per heavy atom. The Bertz CT molecular complexity index is 554. The van der Waals surface area contributed by atoms with Gasteiger partial charge in [-0.15, -0.1) is 0 Å². The van der Waals surface area contributed by atoms with E-state index in [9.17, 15) is 18.0 Å². The number of rotatable bonds is 3. The number of hydrogen-bond acceptors (Lipinski definition) is 5. The van der Waals surface area contributed by atoms with Crippen molar-refractivity contribution in [3.8, 4) is 5.75 Å². The highest BCUT2D eigenvalue weighted by Crippen LogP contribution is 2.14. The fourth-order valence-corrected chi connectivity index (χ4v) is 1.44. The summed E-state index contributed by atoms with van der Waals surface area (Å²) in [4.78, 5) is 22.1. The van der Waals surface area contributed by atoms with E-state index < -0.39 is 15.3 Å². The van der Waals surface area contributed by atoms with Crippen LogP contribution in [0.2, 0.25) is 0 Å². The topological polar surface area (TPSA) is 89.5 Å². The van der Waals surface area contributed by atoms with Gasteiger partial charge < -0.3 is 4.74 Å². The molecule has 0 radical (unpaired) electrons. The molecule has 0 bridgehead atoms. The molecule has 0 fully saturated rings. The van der Waals surface area contributed by atoms with E-state index in [2.05, 4.69) is 4.74 Å². The maximum absolute atomic E-state index is 11.0. The number of benzene rings is 1. The summed E-state index contributed by atoms with van der Waals surface area (Å²) in [5.41, 5.74) is 0.337. The van der Waals surface area contributed by atoms with Crippen LogP contribution in [0.15, 0.2) is 24.3 Å². The maximum Gasteiger partial charge on any atom is 0.427 e. The van der Waals surface area contributed by atoms with Gasteiger partial charge in [0.1, 0.15) is 5.75 Å². The van der Waals surface area contributed by atoms with Crippen molar-refractivity contribution >= 4 is 31.8 Å². The monoisotopic (exact) mass is 277 g/mol. The molecule has 6 nitrogen and oxygen atoms in total. The van der Waals surface area contributed by atoms with Crippen molar-refractivity contribution in [3.63, 3.8) is 0 Å². The normalized spacial score (nSPS) is 10.7. The molecular weight excluding hydrogens is 270 g/mol. The van der Waals surface area contributed by atoms with E-state index in [4.69, 9.17) is 10.7 Å². The predicted molar refractivity (Wildman–Crippen MR) is 60.4 cm³/mol. The maximum atomic E-state index is 11.0. The molecule has 1 aromatic rings. The number of nitrogens with one attached hydrogen (secondary N) is 1. The molecule has 0 aliphatic carbocycles. The molecule has 8 heteroatoms. The van der Waals surface area contributed by atoms with E-state index in [1.807, 2.05) is 0 Å². The molecule has 1 amide bonds. The number of ether oxygens (including phenoxy) is 1. The van der Waals surface area contributed by atoms with E-state index in [1.54, 1.807) is 0 Å². The van der Waals surface area contributed by atoms with E-state index in [0.29, 0.717) is 5.56 Å². The van der Waals surface area contributed by atoms with Crippen molar-refractivity contribution in [1.29, 1.82) is 0 Å². The molecule has 0 aliphatic rings. The molecular formula is C9H8ClNO5S. The number of carbonyl (C=O) groups is 2. The lowest BCUT2D eigenvalue weighted by Gasteiger charge is -2.04. The first-order valence-corrected chi connectivity index (χ1v) is 6.64. The van der Waals surface area contributed by atoms with Gasteiger partial charge in [0.05, 0.1) is 0 Å². The molecule has 0 atom stereocenters. The van der Waals surface area contributed by atoms with Gasteiger partial charge >= 0.3 is 15.3 Å². The Balaban J connectivity index is 2.79. The van der Waals surface area contributed by atoms with Gasteiger partial charge in [0.2, 0.25) is 0 Å². The highest BCUT2D eigenvalue weighted by Gasteiger charge is 2.13. The first kappa shape index (κ1) is 13.5. The predicted octanol–water partition coefficient (Wildman–Crippen LogP) is 1.46. The van der Waals surface area contributed by atoms with Crippen molar-refractivity contribution in [2.75, 3.05) is 0 Å². The van der Waals surface area contributed by atoms with Crippen LogP contribution in [0.3, 0.4) is 0 Å². The summed E-state index contributed by atoms with van der Waals surface area (Å²) in [6, 6.07) is 5.73. The molecule has 0 heterocycles. The first-order chi connectivity index (χ1) is 7.78. The largest absolute Gasteiger partial charge is 0.427 e. The summed E-state index contributed by atoms with van der Waals surface area (Å²) >= 11 is 0. The minimum atomic E-state index is -4.19. The SMILES string of the molecule is CC(=O)c1cccc(OC(=O)NS(=O)(=O)Cl)c1. The zero-order valence-corrected chi connectivity index (χ0v) is 10.2. The van der Waals surface area contributed by atoms with Gasteiger partial charge in [0, 0.05) is 16.2 Å². The quantitative estimate of drug-likeness (QED) is 0.667. The Morgan fingerprint density at radius 3 is 2.53 bits per heavy atom. The molecule has 0 aliphatic heterocycles. The van der Waals surface area contributed by atoms with Gasteiger partial charge in [-0.2, -0.15) is 8.42 Å². The molecule has 0 saturated carbocycles. The van der Waals surface area contributed by atoms with Crippen LogP contribution in [0.5, 0.6) is 5.75 Å². The Hall–Kier alpha value is -1.60. The fraction of sp³-hybridized carbons (Fsp3) is 0.111. The van der Waals surface area contributed by atoms with E-state index in [-0.39, 0.29) is 11.5 Å². The van der Waals surface area contributed by atoms with Crippen LogP contribution < -0.4 is 9.46 Å². The second kappa shape index (κ2) is 5.15. The highest BCUT2D eigenvalue weighted by atomic mass is 35.7. The Kier molecular flexibility index (Phi) is 4.08. The molecule has 1 N–H and O–H groups in total. The molecule has 17 heavy (non-hydrogen) atoms. The molecule has 0 saturated heterocycles. The van der Waals surface area contributed by atoms with Crippen LogP contribution in [0.25, 0.3) is 0 Å². The molecule has 1 aromatic carbocycles. The zero-order chi connectivity index (χ0) is 13.1. The van der Waals surface area contributed by atoms with Gasteiger partial charge in [-0.3, -0.25) is 4.79 Å².